The van der Waals surface area contributed by atoms with Gasteiger partial charge in [-0.2, -0.15) is 0 Å². The van der Waals surface area contributed by atoms with Gasteiger partial charge in [0.1, 0.15) is 0 Å². The van der Waals surface area contributed by atoms with Gasteiger partial charge in [0.05, 0.1) is 12.7 Å². The molecule has 0 radical (unpaired) electrons. The van der Waals surface area contributed by atoms with Crippen LogP contribution in [0.5, 0.6) is 0 Å². The lowest BCUT2D eigenvalue weighted by Crippen LogP contribution is -2.35. The van der Waals surface area contributed by atoms with Crippen molar-refractivity contribution in [1.29, 1.82) is 0 Å². The average Bonchev–Trinajstić information content (AvgIpc) is 2.26. The number of hydrogen-bond acceptors (Lipinski definition) is 2. The Balaban J connectivity index is 2.32. The summed E-state index contributed by atoms with van der Waals surface area (Å²) < 4.78 is 5.77. The molecule has 0 aliphatic heterocycles. The summed E-state index contributed by atoms with van der Waals surface area (Å²) in [4.78, 5) is 0. The first-order valence-corrected chi connectivity index (χ1v) is 6.00. The minimum atomic E-state index is 0.114. The van der Waals surface area contributed by atoms with E-state index < -0.39 is 0 Å². The molecule has 0 aromatic heterocycles. The molecule has 1 aromatic carbocycles. The first-order valence-electron chi connectivity index (χ1n) is 6.00. The maximum atomic E-state index is 6.06. The van der Waals surface area contributed by atoms with E-state index in [1.165, 1.54) is 5.56 Å². The Morgan fingerprint density at radius 2 is 1.75 bits per heavy atom. The summed E-state index contributed by atoms with van der Waals surface area (Å²) in [5, 5.41) is 0. The normalized spacial score (nSPS) is 15.1. The molecule has 2 atom stereocenters. The van der Waals surface area contributed by atoms with Crippen molar-refractivity contribution in [2.75, 3.05) is 0 Å². The number of benzene rings is 1. The Kier molecular flexibility index (Phi) is 5.50. The van der Waals surface area contributed by atoms with E-state index >= 15 is 0 Å². The Morgan fingerprint density at radius 3 is 2.31 bits per heavy atom. The summed E-state index contributed by atoms with van der Waals surface area (Å²) in [6.45, 7) is 7.07. The highest BCUT2D eigenvalue weighted by Crippen LogP contribution is 2.10. The number of nitrogens with two attached hydrogens (primary N) is 1. The van der Waals surface area contributed by atoms with Crippen LogP contribution in [0.2, 0.25) is 0 Å². The van der Waals surface area contributed by atoms with Gasteiger partial charge in [-0.25, -0.2) is 0 Å². The third-order valence-corrected chi connectivity index (χ3v) is 2.70. The fraction of sp³-hybridized carbons (Fsp3) is 0.571. The summed E-state index contributed by atoms with van der Waals surface area (Å²) in [5.41, 5.74) is 7.26. The van der Waals surface area contributed by atoms with Crippen LogP contribution in [0.4, 0.5) is 0 Å². The van der Waals surface area contributed by atoms with E-state index in [2.05, 4.69) is 32.9 Å². The quantitative estimate of drug-likeness (QED) is 0.801. The molecule has 0 spiro atoms. The van der Waals surface area contributed by atoms with Crippen molar-refractivity contribution in [3.05, 3.63) is 35.9 Å². The highest BCUT2D eigenvalue weighted by molar-refractivity contribution is 5.13. The topological polar surface area (TPSA) is 35.2 Å². The molecule has 1 aromatic rings. The minimum absolute atomic E-state index is 0.114. The van der Waals surface area contributed by atoms with Gasteiger partial charge in [-0.15, -0.1) is 0 Å². The van der Waals surface area contributed by atoms with Crippen LogP contribution in [0.1, 0.15) is 32.8 Å². The van der Waals surface area contributed by atoms with Crippen LogP contribution >= 0.6 is 0 Å². The van der Waals surface area contributed by atoms with E-state index in [1.807, 2.05) is 18.2 Å². The van der Waals surface area contributed by atoms with Crippen molar-refractivity contribution in [2.45, 2.75) is 45.9 Å². The van der Waals surface area contributed by atoms with Gasteiger partial charge in [-0.3, -0.25) is 0 Å². The van der Waals surface area contributed by atoms with E-state index in [-0.39, 0.29) is 12.1 Å². The minimum Gasteiger partial charge on any atom is -0.372 e. The van der Waals surface area contributed by atoms with Crippen molar-refractivity contribution in [1.82, 2.24) is 0 Å². The molecule has 0 heterocycles. The molecule has 0 amide bonds. The molecule has 0 saturated carbocycles. The smallest absolute Gasteiger partial charge is 0.0721 e. The van der Waals surface area contributed by atoms with Gasteiger partial charge < -0.3 is 10.5 Å². The molecule has 16 heavy (non-hydrogen) atoms. The maximum Gasteiger partial charge on any atom is 0.0721 e. The third-order valence-electron chi connectivity index (χ3n) is 2.70. The van der Waals surface area contributed by atoms with Crippen molar-refractivity contribution >= 4 is 0 Å². The molecular formula is C14H23NO. The first kappa shape index (κ1) is 13.2. The van der Waals surface area contributed by atoms with Gasteiger partial charge in [0, 0.05) is 6.04 Å². The van der Waals surface area contributed by atoms with E-state index in [0.29, 0.717) is 12.5 Å². The van der Waals surface area contributed by atoms with Crippen molar-refractivity contribution in [3.8, 4) is 0 Å². The Labute approximate surface area is 98.8 Å². The number of rotatable bonds is 6. The van der Waals surface area contributed by atoms with Gasteiger partial charge >= 0.3 is 0 Å². The van der Waals surface area contributed by atoms with Crippen molar-refractivity contribution in [3.63, 3.8) is 0 Å². The van der Waals surface area contributed by atoms with Crippen LogP contribution in [-0.4, -0.2) is 12.1 Å². The van der Waals surface area contributed by atoms with Gasteiger partial charge in [0.15, 0.2) is 0 Å². The second-order valence-corrected chi connectivity index (χ2v) is 4.80. The molecule has 0 fully saturated rings. The second-order valence-electron chi connectivity index (χ2n) is 4.80. The fourth-order valence-electron chi connectivity index (χ4n) is 1.66. The zero-order valence-electron chi connectivity index (χ0n) is 10.5. The molecule has 1 rings (SSSR count). The summed E-state index contributed by atoms with van der Waals surface area (Å²) >= 11 is 0. The van der Waals surface area contributed by atoms with E-state index in [4.69, 9.17) is 10.5 Å². The van der Waals surface area contributed by atoms with Gasteiger partial charge in [0.25, 0.3) is 0 Å². The summed E-state index contributed by atoms with van der Waals surface area (Å²) in [7, 11) is 0. The van der Waals surface area contributed by atoms with Crippen LogP contribution in [-0.2, 0) is 11.3 Å². The van der Waals surface area contributed by atoms with Gasteiger partial charge in [-0.1, -0.05) is 44.2 Å². The van der Waals surface area contributed by atoms with Gasteiger partial charge in [-0.05, 0) is 24.8 Å². The second kappa shape index (κ2) is 6.66. The summed E-state index contributed by atoms with van der Waals surface area (Å²) in [6, 6.07) is 10.3. The average molecular weight is 221 g/mol. The van der Waals surface area contributed by atoms with Crippen molar-refractivity contribution < 1.29 is 4.74 Å². The highest BCUT2D eigenvalue weighted by Gasteiger charge is 2.14. The SMILES string of the molecule is CC(C)C[C@@H](N)[C@H](C)OCc1ccccc1. The zero-order chi connectivity index (χ0) is 12.0. The Hall–Kier alpha value is -0.860. The molecule has 0 aliphatic rings. The Morgan fingerprint density at radius 1 is 1.12 bits per heavy atom. The summed E-state index contributed by atoms with van der Waals surface area (Å²) in [6.07, 6.45) is 1.12. The maximum absolute atomic E-state index is 6.06. The molecule has 2 N–H and O–H groups in total. The largest absolute Gasteiger partial charge is 0.372 e. The number of ether oxygens (including phenoxy) is 1. The lowest BCUT2D eigenvalue weighted by Gasteiger charge is -2.22. The Bertz CT molecular complexity index is 284. The summed E-state index contributed by atoms with van der Waals surface area (Å²) in [5.74, 6) is 0.623. The highest BCUT2D eigenvalue weighted by atomic mass is 16.5. The number of hydrogen-bond donors (Lipinski definition) is 1. The fourth-order valence-corrected chi connectivity index (χ4v) is 1.66. The van der Waals surface area contributed by atoms with E-state index in [1.54, 1.807) is 0 Å². The van der Waals surface area contributed by atoms with Crippen LogP contribution in [0.3, 0.4) is 0 Å². The van der Waals surface area contributed by atoms with Gasteiger partial charge in [0.2, 0.25) is 0 Å². The van der Waals surface area contributed by atoms with Crippen LogP contribution in [0.25, 0.3) is 0 Å². The molecule has 2 heteroatoms. The molecule has 0 saturated heterocycles. The first-order chi connectivity index (χ1) is 7.59. The zero-order valence-corrected chi connectivity index (χ0v) is 10.5. The molecule has 0 aliphatic carbocycles. The standard InChI is InChI=1S/C14H23NO/c1-11(2)9-14(15)12(3)16-10-13-7-5-4-6-8-13/h4-8,11-12,14H,9-10,15H2,1-3H3/t12-,14+/m0/s1. The van der Waals surface area contributed by atoms with Crippen LogP contribution in [0.15, 0.2) is 30.3 Å². The van der Waals surface area contributed by atoms with Crippen LogP contribution < -0.4 is 5.73 Å². The predicted octanol–water partition coefficient (Wildman–Crippen LogP) is 2.97. The third kappa shape index (κ3) is 4.77. The predicted molar refractivity (Wildman–Crippen MR) is 68.1 cm³/mol. The molecule has 2 nitrogen and oxygen atoms in total. The molecular weight excluding hydrogens is 198 g/mol. The lowest BCUT2D eigenvalue weighted by atomic mass is 10.0. The monoisotopic (exact) mass is 221 g/mol. The lowest BCUT2D eigenvalue weighted by molar-refractivity contribution is 0.0316. The van der Waals surface area contributed by atoms with Crippen molar-refractivity contribution in [2.24, 2.45) is 11.7 Å². The van der Waals surface area contributed by atoms with E-state index in [0.717, 1.165) is 6.42 Å². The van der Waals surface area contributed by atoms with E-state index in [9.17, 15) is 0 Å². The van der Waals surface area contributed by atoms with Crippen LogP contribution in [0, 0.1) is 5.92 Å². The molecule has 0 unspecified atom stereocenters. The molecule has 0 bridgehead atoms. The molecule has 90 valence electrons.